The summed E-state index contributed by atoms with van der Waals surface area (Å²) < 4.78 is 37.7. The van der Waals surface area contributed by atoms with Gasteiger partial charge in [-0.3, -0.25) is 0 Å². The number of nitrogens with one attached hydrogen (secondary N) is 1. The minimum absolute atomic E-state index is 0.0145. The lowest BCUT2D eigenvalue weighted by molar-refractivity contribution is -0.137. The highest BCUT2D eigenvalue weighted by molar-refractivity contribution is 5.59. The molecule has 0 radical (unpaired) electrons. The molecule has 0 aromatic heterocycles. The van der Waals surface area contributed by atoms with Gasteiger partial charge >= 0.3 is 6.18 Å². The molecule has 0 bridgehead atoms. The normalized spacial score (nSPS) is 13.1. The molecule has 0 saturated carbocycles. The van der Waals surface area contributed by atoms with Gasteiger partial charge in [-0.1, -0.05) is 13.8 Å². The molecule has 3 N–H and O–H groups in total. The maximum absolute atomic E-state index is 12.6. The van der Waals surface area contributed by atoms with E-state index < -0.39 is 11.7 Å². The molecule has 0 heterocycles. The SMILES string of the molecule is CC(C)C(CN)CNc1ccc(C(F)(F)F)cc1C#N. The van der Waals surface area contributed by atoms with E-state index in [1.165, 1.54) is 6.07 Å². The molecular formula is C14H18F3N3. The number of nitrogens with two attached hydrogens (primary N) is 1. The summed E-state index contributed by atoms with van der Waals surface area (Å²) in [6, 6.07) is 4.90. The van der Waals surface area contributed by atoms with Crippen LogP contribution < -0.4 is 11.1 Å². The van der Waals surface area contributed by atoms with Gasteiger partial charge in [0.15, 0.2) is 0 Å². The van der Waals surface area contributed by atoms with Crippen LogP contribution in [0.3, 0.4) is 0 Å². The van der Waals surface area contributed by atoms with Gasteiger partial charge in [0.1, 0.15) is 6.07 Å². The van der Waals surface area contributed by atoms with Crippen molar-refractivity contribution in [2.45, 2.75) is 20.0 Å². The maximum atomic E-state index is 12.6. The fraction of sp³-hybridized carbons (Fsp3) is 0.500. The molecule has 1 atom stereocenters. The van der Waals surface area contributed by atoms with Gasteiger partial charge in [-0.15, -0.1) is 0 Å². The van der Waals surface area contributed by atoms with Crippen LogP contribution in [0, 0.1) is 23.2 Å². The van der Waals surface area contributed by atoms with Crippen molar-refractivity contribution in [3.63, 3.8) is 0 Å². The molecule has 0 saturated heterocycles. The highest BCUT2D eigenvalue weighted by atomic mass is 19.4. The second kappa shape index (κ2) is 6.62. The fourth-order valence-corrected chi connectivity index (χ4v) is 1.80. The predicted molar refractivity (Wildman–Crippen MR) is 72.0 cm³/mol. The first kappa shape index (κ1) is 16.3. The minimum Gasteiger partial charge on any atom is -0.384 e. The summed E-state index contributed by atoms with van der Waals surface area (Å²) in [5.74, 6) is 0.552. The molecule has 110 valence electrons. The van der Waals surface area contributed by atoms with Gasteiger partial charge in [-0.25, -0.2) is 0 Å². The fourth-order valence-electron chi connectivity index (χ4n) is 1.80. The Hall–Kier alpha value is -1.74. The summed E-state index contributed by atoms with van der Waals surface area (Å²) in [6.07, 6.45) is -4.44. The standard InChI is InChI=1S/C14H18F3N3/c1-9(2)11(7-19)8-20-13-4-3-12(14(15,16)17)5-10(13)6-18/h3-5,9,11,20H,7-8,19H2,1-2H3. The van der Waals surface area contributed by atoms with Crippen LogP contribution in [0.1, 0.15) is 25.0 Å². The lowest BCUT2D eigenvalue weighted by Crippen LogP contribution is -2.27. The molecule has 0 fully saturated rings. The van der Waals surface area contributed by atoms with Gasteiger partial charge in [0.2, 0.25) is 0 Å². The van der Waals surface area contributed by atoms with Crippen molar-refractivity contribution in [1.29, 1.82) is 5.26 Å². The highest BCUT2D eigenvalue weighted by Gasteiger charge is 2.31. The smallest absolute Gasteiger partial charge is 0.384 e. The number of anilines is 1. The molecule has 20 heavy (non-hydrogen) atoms. The first-order chi connectivity index (χ1) is 9.29. The number of alkyl halides is 3. The number of hydrogen-bond acceptors (Lipinski definition) is 3. The summed E-state index contributed by atoms with van der Waals surface area (Å²) in [5, 5.41) is 12.0. The number of hydrogen-bond donors (Lipinski definition) is 2. The van der Waals surface area contributed by atoms with Crippen molar-refractivity contribution in [1.82, 2.24) is 0 Å². The van der Waals surface area contributed by atoms with Gasteiger partial charge in [0.05, 0.1) is 16.8 Å². The largest absolute Gasteiger partial charge is 0.416 e. The summed E-state index contributed by atoms with van der Waals surface area (Å²) >= 11 is 0. The molecule has 0 aliphatic rings. The maximum Gasteiger partial charge on any atom is 0.416 e. The average molecular weight is 285 g/mol. The minimum atomic E-state index is -4.44. The Kier molecular flexibility index (Phi) is 5.40. The van der Waals surface area contributed by atoms with Gasteiger partial charge in [-0.05, 0) is 36.6 Å². The van der Waals surface area contributed by atoms with Crippen LogP contribution in [0.2, 0.25) is 0 Å². The van der Waals surface area contributed by atoms with Crippen molar-refractivity contribution in [2.24, 2.45) is 17.6 Å². The number of nitrogens with zero attached hydrogens (tertiary/aromatic N) is 1. The Morgan fingerprint density at radius 1 is 1.35 bits per heavy atom. The van der Waals surface area contributed by atoms with Crippen molar-refractivity contribution >= 4 is 5.69 Å². The van der Waals surface area contributed by atoms with Gasteiger partial charge < -0.3 is 11.1 Å². The van der Waals surface area contributed by atoms with E-state index in [1.807, 2.05) is 13.8 Å². The van der Waals surface area contributed by atoms with Crippen LogP contribution in [0.4, 0.5) is 18.9 Å². The molecule has 3 nitrogen and oxygen atoms in total. The predicted octanol–water partition coefficient (Wildman–Crippen LogP) is 3.22. The van der Waals surface area contributed by atoms with Crippen LogP contribution in [0.5, 0.6) is 0 Å². The number of nitriles is 1. The third-order valence-electron chi connectivity index (χ3n) is 3.27. The van der Waals surface area contributed by atoms with E-state index in [1.54, 1.807) is 6.07 Å². The third-order valence-corrected chi connectivity index (χ3v) is 3.27. The first-order valence-electron chi connectivity index (χ1n) is 6.34. The lowest BCUT2D eigenvalue weighted by Gasteiger charge is -2.20. The molecule has 0 aliphatic heterocycles. The molecular weight excluding hydrogens is 267 g/mol. The highest BCUT2D eigenvalue weighted by Crippen LogP contribution is 2.31. The zero-order valence-corrected chi connectivity index (χ0v) is 11.5. The Morgan fingerprint density at radius 2 is 2.00 bits per heavy atom. The van der Waals surface area contributed by atoms with E-state index in [-0.39, 0.29) is 11.5 Å². The topological polar surface area (TPSA) is 61.8 Å². The number of rotatable bonds is 5. The second-order valence-corrected chi connectivity index (χ2v) is 4.99. The quantitative estimate of drug-likeness (QED) is 0.873. The van der Waals surface area contributed by atoms with E-state index in [0.29, 0.717) is 24.7 Å². The molecule has 1 aromatic rings. The van der Waals surface area contributed by atoms with Gasteiger partial charge in [-0.2, -0.15) is 18.4 Å². The average Bonchev–Trinajstić information content (AvgIpc) is 2.37. The number of benzene rings is 1. The Bertz CT molecular complexity index is 489. The zero-order chi connectivity index (χ0) is 15.3. The van der Waals surface area contributed by atoms with E-state index in [9.17, 15) is 13.2 Å². The molecule has 0 spiro atoms. The van der Waals surface area contributed by atoms with E-state index in [2.05, 4.69) is 5.32 Å². The summed E-state index contributed by atoms with van der Waals surface area (Å²) in [6.45, 7) is 5.05. The molecule has 1 rings (SSSR count). The van der Waals surface area contributed by atoms with Crippen molar-refractivity contribution in [3.8, 4) is 6.07 Å². The zero-order valence-electron chi connectivity index (χ0n) is 11.5. The van der Waals surface area contributed by atoms with Gasteiger partial charge in [0.25, 0.3) is 0 Å². The first-order valence-corrected chi connectivity index (χ1v) is 6.34. The summed E-state index contributed by atoms with van der Waals surface area (Å²) in [7, 11) is 0. The van der Waals surface area contributed by atoms with Crippen LogP contribution in [-0.4, -0.2) is 13.1 Å². The van der Waals surface area contributed by atoms with Crippen LogP contribution >= 0.6 is 0 Å². The second-order valence-electron chi connectivity index (χ2n) is 4.99. The van der Waals surface area contributed by atoms with Crippen molar-refractivity contribution in [3.05, 3.63) is 29.3 Å². The summed E-state index contributed by atoms with van der Waals surface area (Å²) in [5.41, 5.74) is 5.20. The number of halogens is 3. The van der Waals surface area contributed by atoms with Crippen molar-refractivity contribution in [2.75, 3.05) is 18.4 Å². The molecule has 0 aliphatic carbocycles. The Balaban J connectivity index is 2.89. The monoisotopic (exact) mass is 285 g/mol. The lowest BCUT2D eigenvalue weighted by atomic mass is 9.96. The molecule has 1 aromatic carbocycles. The summed E-state index contributed by atoms with van der Waals surface area (Å²) in [4.78, 5) is 0. The van der Waals surface area contributed by atoms with Crippen molar-refractivity contribution < 1.29 is 13.2 Å². The third kappa shape index (κ3) is 4.14. The molecule has 6 heteroatoms. The van der Waals surface area contributed by atoms with Gasteiger partial charge in [0, 0.05) is 6.54 Å². The van der Waals surface area contributed by atoms with Crippen LogP contribution in [0.25, 0.3) is 0 Å². The Labute approximate surface area is 116 Å². The van der Waals surface area contributed by atoms with E-state index >= 15 is 0 Å². The van der Waals surface area contributed by atoms with E-state index in [0.717, 1.165) is 12.1 Å². The Morgan fingerprint density at radius 3 is 2.45 bits per heavy atom. The van der Waals surface area contributed by atoms with Crippen LogP contribution in [-0.2, 0) is 6.18 Å². The molecule has 1 unspecified atom stereocenters. The van der Waals surface area contributed by atoms with E-state index in [4.69, 9.17) is 11.0 Å². The molecule has 0 amide bonds. The van der Waals surface area contributed by atoms with Crippen LogP contribution in [0.15, 0.2) is 18.2 Å².